The van der Waals surface area contributed by atoms with Crippen molar-refractivity contribution in [3.8, 4) is 0 Å². The molecule has 2 aliphatic rings. The van der Waals surface area contributed by atoms with E-state index >= 15 is 0 Å². The average Bonchev–Trinajstić information content (AvgIpc) is 3.01. The Balaban J connectivity index is -0.000000151. The maximum absolute atomic E-state index is 10.3. The zero-order valence-electron chi connectivity index (χ0n) is 29.3. The zero-order chi connectivity index (χ0) is 33.1. The first kappa shape index (κ1) is 52.7. The number of rotatable bonds is 5. The number of nitrogens with zero attached hydrogens (tertiary/aromatic N) is 6. The molecule has 2 rings (SSSR count). The zero-order valence-corrected chi connectivity index (χ0v) is 31.6. The first-order valence-electron chi connectivity index (χ1n) is 15.2. The summed E-state index contributed by atoms with van der Waals surface area (Å²) in [4.78, 5) is 42.5. The van der Waals surface area contributed by atoms with E-state index < -0.39 is 17.9 Å². The van der Waals surface area contributed by atoms with Crippen LogP contribution in [0.3, 0.4) is 0 Å². The van der Waals surface area contributed by atoms with E-state index in [1.165, 1.54) is 78.5 Å². The SMILES string of the molecule is CC(=O)[O-].CC(=O)[O-].CCCCC(CC)C(=O)[O-].CN1CCN(C)CCN(C)CC1.CN1CCN(C)CCN(C)CC1.[Mn+3].[Mn+3]. The number of unbranched alkanes of at least 4 members (excludes halogenated alkanes) is 1. The maximum Gasteiger partial charge on any atom is 3.00 e. The third-order valence-electron chi connectivity index (χ3n) is 6.91. The number of carbonyl (C=O) groups excluding carboxylic acids is 3. The van der Waals surface area contributed by atoms with E-state index in [9.17, 15) is 9.90 Å². The first-order chi connectivity index (χ1) is 19.5. The molecule has 2 fully saturated rings. The molecule has 0 N–H and O–H groups in total. The van der Waals surface area contributed by atoms with Gasteiger partial charge in [0.05, 0.1) is 0 Å². The van der Waals surface area contributed by atoms with Gasteiger partial charge in [-0.15, -0.1) is 0 Å². The minimum absolute atomic E-state index is 0. The molecule has 12 nitrogen and oxygen atoms in total. The van der Waals surface area contributed by atoms with Crippen molar-refractivity contribution in [2.24, 2.45) is 5.92 Å². The van der Waals surface area contributed by atoms with E-state index in [2.05, 4.69) is 78.6 Å². The second-order valence-corrected chi connectivity index (χ2v) is 11.4. The molecule has 1 unspecified atom stereocenters. The van der Waals surface area contributed by atoms with Gasteiger partial charge in [-0.2, -0.15) is 0 Å². The van der Waals surface area contributed by atoms with Gasteiger partial charge in [-0.05, 0) is 74.9 Å². The summed E-state index contributed by atoms with van der Waals surface area (Å²) in [5.41, 5.74) is 0. The van der Waals surface area contributed by atoms with Gasteiger partial charge in [0.25, 0.3) is 0 Å². The fraction of sp³-hybridized carbons (Fsp3) is 0.900. The fourth-order valence-electron chi connectivity index (χ4n) is 3.66. The molecule has 260 valence electrons. The molecule has 2 heterocycles. The monoisotopic (exact) mass is 713 g/mol. The molecule has 0 aromatic rings. The molecule has 0 saturated carbocycles. The molecule has 1 atom stereocenters. The van der Waals surface area contributed by atoms with Gasteiger partial charge in [0, 0.05) is 96.4 Å². The van der Waals surface area contributed by atoms with Crippen LogP contribution in [0.1, 0.15) is 53.4 Å². The van der Waals surface area contributed by atoms with E-state index in [-0.39, 0.29) is 40.1 Å². The molecule has 2 saturated heterocycles. The van der Waals surface area contributed by atoms with Crippen LogP contribution >= 0.6 is 0 Å². The topological polar surface area (TPSA) is 140 Å². The van der Waals surface area contributed by atoms with Crippen LogP contribution in [-0.4, -0.2) is 168 Å². The third-order valence-corrected chi connectivity index (χ3v) is 6.91. The molecule has 0 radical (unpaired) electrons. The maximum atomic E-state index is 10.3. The standard InChI is InChI=1S/2C9H21N3.C8H16O2.2C2H4O2.2Mn/c2*1-10-4-6-11(2)8-9-12(3)7-5-10;1-3-5-6-7(4-2)8(9)10;2*1-2(3)4;;/h2*4-9H2,1-3H3;7H,3-6H2,1-2H3,(H,9,10);2*1H3,(H,3,4);;/q;;;;;2*+3/p-3. The Hall–Kier alpha value is -0.791. The van der Waals surface area contributed by atoms with E-state index in [0.29, 0.717) is 6.42 Å². The van der Waals surface area contributed by atoms with Crippen molar-refractivity contribution in [1.29, 1.82) is 0 Å². The van der Waals surface area contributed by atoms with Crippen LogP contribution in [0, 0.1) is 5.92 Å². The molecule has 2 aliphatic heterocycles. The van der Waals surface area contributed by atoms with Gasteiger partial charge in [-0.1, -0.05) is 26.7 Å². The van der Waals surface area contributed by atoms with E-state index in [4.69, 9.17) is 19.8 Å². The van der Waals surface area contributed by atoms with Gasteiger partial charge < -0.3 is 59.1 Å². The Kier molecular flexibility index (Phi) is 42.0. The minimum atomic E-state index is -1.08. The number of likely N-dealkylation sites (N-methyl/N-ethyl adjacent to an activating group) is 6. The Labute approximate surface area is 290 Å². The first-order valence-corrected chi connectivity index (χ1v) is 15.2. The van der Waals surface area contributed by atoms with Crippen LogP contribution in [0.2, 0.25) is 0 Å². The summed E-state index contributed by atoms with van der Waals surface area (Å²) in [6, 6.07) is 0. The average molecular weight is 714 g/mol. The van der Waals surface area contributed by atoms with Gasteiger partial charge in [0.1, 0.15) is 0 Å². The molecule has 0 spiro atoms. The molecule has 14 heteroatoms. The van der Waals surface area contributed by atoms with E-state index in [1.807, 2.05) is 6.92 Å². The Morgan fingerprint density at radius 3 is 0.818 bits per heavy atom. The predicted molar refractivity (Wildman–Crippen MR) is 165 cm³/mol. The van der Waals surface area contributed by atoms with Crippen LogP contribution in [0.4, 0.5) is 0 Å². The molecular weight excluding hydrogens is 650 g/mol. The smallest absolute Gasteiger partial charge is 0.550 e. The molecule has 0 bridgehead atoms. The number of aliphatic carboxylic acids is 3. The normalized spacial score (nSPS) is 18.4. The summed E-state index contributed by atoms with van der Waals surface area (Å²) in [6.07, 6.45) is 3.52. The number of carbonyl (C=O) groups is 3. The number of hydrogen-bond acceptors (Lipinski definition) is 12. The third kappa shape index (κ3) is 43.3. The summed E-state index contributed by atoms with van der Waals surface area (Å²) in [5, 5.41) is 28.1. The number of carboxylic acid groups (broad SMARTS) is 3. The van der Waals surface area contributed by atoms with Gasteiger partial charge in [-0.25, -0.2) is 0 Å². The van der Waals surface area contributed by atoms with Gasteiger partial charge in [0.15, 0.2) is 0 Å². The largest absolute Gasteiger partial charge is 3.00 e. The number of hydrogen-bond donors (Lipinski definition) is 0. The van der Waals surface area contributed by atoms with Gasteiger partial charge in [-0.3, -0.25) is 0 Å². The molecule has 0 amide bonds. The van der Waals surface area contributed by atoms with Gasteiger partial charge in [0.2, 0.25) is 0 Å². The summed E-state index contributed by atoms with van der Waals surface area (Å²) in [7, 11) is 13.2. The minimum Gasteiger partial charge on any atom is -0.550 e. The van der Waals surface area contributed by atoms with Crippen LogP contribution in [0.25, 0.3) is 0 Å². The summed E-state index contributed by atoms with van der Waals surface area (Å²) in [6.45, 7) is 20.3. The van der Waals surface area contributed by atoms with Crippen molar-refractivity contribution in [3.05, 3.63) is 0 Å². The van der Waals surface area contributed by atoms with Crippen molar-refractivity contribution in [1.82, 2.24) is 29.4 Å². The van der Waals surface area contributed by atoms with Gasteiger partial charge >= 0.3 is 34.1 Å². The molecule has 0 aliphatic carbocycles. The summed E-state index contributed by atoms with van der Waals surface area (Å²) < 4.78 is 0. The van der Waals surface area contributed by atoms with Crippen LogP contribution in [-0.2, 0) is 48.5 Å². The van der Waals surface area contributed by atoms with Crippen LogP contribution in [0.5, 0.6) is 0 Å². The number of carboxylic acids is 3. The van der Waals surface area contributed by atoms with Crippen molar-refractivity contribution < 1.29 is 63.8 Å². The Morgan fingerprint density at radius 1 is 0.523 bits per heavy atom. The quantitative estimate of drug-likeness (QED) is 0.293. The van der Waals surface area contributed by atoms with E-state index in [0.717, 1.165) is 33.1 Å². The Morgan fingerprint density at radius 2 is 0.705 bits per heavy atom. The molecular formula is C30H63Mn2N6O6+3. The van der Waals surface area contributed by atoms with Crippen molar-refractivity contribution >= 4 is 17.9 Å². The molecule has 0 aromatic carbocycles. The van der Waals surface area contributed by atoms with Crippen molar-refractivity contribution in [2.45, 2.75) is 53.4 Å². The fourth-order valence-corrected chi connectivity index (χ4v) is 3.66. The molecule has 44 heavy (non-hydrogen) atoms. The van der Waals surface area contributed by atoms with Crippen LogP contribution in [0.15, 0.2) is 0 Å². The molecule has 0 aromatic heterocycles. The second-order valence-electron chi connectivity index (χ2n) is 11.4. The summed E-state index contributed by atoms with van der Waals surface area (Å²) >= 11 is 0. The van der Waals surface area contributed by atoms with Crippen molar-refractivity contribution in [3.63, 3.8) is 0 Å². The van der Waals surface area contributed by atoms with Crippen LogP contribution < -0.4 is 15.3 Å². The van der Waals surface area contributed by atoms with Crippen molar-refractivity contribution in [2.75, 3.05) is 121 Å². The van der Waals surface area contributed by atoms with E-state index in [1.54, 1.807) is 0 Å². The Bertz CT molecular complexity index is 562. The summed E-state index contributed by atoms with van der Waals surface area (Å²) in [5.74, 6) is -3.28. The predicted octanol–water partition coefficient (Wildman–Crippen LogP) is -1.95. The second kappa shape index (κ2) is 35.1.